The van der Waals surface area contributed by atoms with E-state index in [9.17, 15) is 14.9 Å². The van der Waals surface area contributed by atoms with Crippen molar-refractivity contribution in [2.24, 2.45) is 0 Å². The second kappa shape index (κ2) is 11.5. The number of hydrogen-bond donors (Lipinski definition) is 0. The average Bonchev–Trinajstić information content (AvgIpc) is 2.95. The SMILES string of the molecule is O=C1CC(c2ccccc2)Oc2c(OCc3ccccc3)c(OCc3ccccc3)cc(CO[N+](=O)[O-])c21. The molecule has 0 aliphatic carbocycles. The predicted molar refractivity (Wildman–Crippen MR) is 139 cm³/mol. The second-order valence-electron chi connectivity index (χ2n) is 8.76. The number of hydrogen-bond acceptors (Lipinski definition) is 7. The lowest BCUT2D eigenvalue weighted by Gasteiger charge is -2.29. The number of ketones is 1. The molecule has 0 bridgehead atoms. The van der Waals surface area contributed by atoms with Gasteiger partial charge >= 0.3 is 0 Å². The van der Waals surface area contributed by atoms with Crippen molar-refractivity contribution in [1.82, 2.24) is 0 Å². The van der Waals surface area contributed by atoms with Crippen LogP contribution in [0.25, 0.3) is 0 Å². The van der Waals surface area contributed by atoms with Gasteiger partial charge in [-0.3, -0.25) is 4.79 Å². The van der Waals surface area contributed by atoms with Crippen molar-refractivity contribution in [3.8, 4) is 17.2 Å². The van der Waals surface area contributed by atoms with Crippen molar-refractivity contribution >= 4 is 5.78 Å². The van der Waals surface area contributed by atoms with Crippen LogP contribution in [0.1, 0.15) is 45.1 Å². The molecule has 0 aromatic heterocycles. The Morgan fingerprint density at radius 3 is 2.00 bits per heavy atom. The summed E-state index contributed by atoms with van der Waals surface area (Å²) in [5.74, 6) is 0.533. The van der Waals surface area contributed by atoms with Gasteiger partial charge in [0.15, 0.2) is 17.3 Å². The zero-order chi connectivity index (χ0) is 26.3. The summed E-state index contributed by atoms with van der Waals surface area (Å²) >= 11 is 0. The van der Waals surface area contributed by atoms with Gasteiger partial charge in [0.25, 0.3) is 5.09 Å². The highest BCUT2D eigenvalue weighted by Gasteiger charge is 2.35. The second-order valence-corrected chi connectivity index (χ2v) is 8.76. The molecular formula is C30H25NO7. The van der Waals surface area contributed by atoms with Crippen molar-refractivity contribution in [3.05, 3.63) is 135 Å². The minimum Gasteiger partial charge on any atom is -0.485 e. The van der Waals surface area contributed by atoms with Crippen molar-refractivity contribution in [1.29, 1.82) is 0 Å². The monoisotopic (exact) mass is 511 g/mol. The van der Waals surface area contributed by atoms with Gasteiger partial charge in [-0.2, -0.15) is 0 Å². The van der Waals surface area contributed by atoms with Crippen molar-refractivity contribution in [2.45, 2.75) is 32.3 Å². The first-order valence-electron chi connectivity index (χ1n) is 12.1. The maximum Gasteiger partial charge on any atom is 0.294 e. The van der Waals surface area contributed by atoms with E-state index in [1.807, 2.05) is 91.0 Å². The largest absolute Gasteiger partial charge is 0.485 e. The van der Waals surface area contributed by atoms with E-state index in [4.69, 9.17) is 14.2 Å². The average molecular weight is 512 g/mol. The van der Waals surface area contributed by atoms with Gasteiger partial charge < -0.3 is 19.0 Å². The minimum atomic E-state index is -0.891. The Kier molecular flexibility index (Phi) is 7.49. The van der Waals surface area contributed by atoms with Crippen LogP contribution in [-0.2, 0) is 24.7 Å². The molecule has 5 rings (SSSR count). The molecule has 4 aromatic carbocycles. The Hall–Kier alpha value is -4.85. The van der Waals surface area contributed by atoms with E-state index >= 15 is 0 Å². The molecule has 0 fully saturated rings. The molecule has 1 aliphatic heterocycles. The third-order valence-corrected chi connectivity index (χ3v) is 6.15. The van der Waals surface area contributed by atoms with E-state index in [2.05, 4.69) is 4.84 Å². The number of carbonyl (C=O) groups is 1. The van der Waals surface area contributed by atoms with Gasteiger partial charge in [-0.15, -0.1) is 10.1 Å². The van der Waals surface area contributed by atoms with Gasteiger partial charge in [-0.05, 0) is 28.3 Å². The number of fused-ring (bicyclic) bond motifs is 1. The van der Waals surface area contributed by atoms with Gasteiger partial charge in [0.2, 0.25) is 5.75 Å². The molecule has 0 saturated heterocycles. The Morgan fingerprint density at radius 1 is 0.816 bits per heavy atom. The molecule has 8 heteroatoms. The summed E-state index contributed by atoms with van der Waals surface area (Å²) in [6.45, 7) is -0.0126. The van der Waals surface area contributed by atoms with Gasteiger partial charge in [-0.1, -0.05) is 91.0 Å². The lowest BCUT2D eigenvalue weighted by atomic mass is 9.92. The summed E-state index contributed by atoms with van der Waals surface area (Å²) in [4.78, 5) is 29.1. The highest BCUT2D eigenvalue weighted by Crippen LogP contribution is 2.48. The van der Waals surface area contributed by atoms with E-state index in [0.29, 0.717) is 11.3 Å². The van der Waals surface area contributed by atoms with Gasteiger partial charge in [0.05, 0.1) is 12.0 Å². The molecular weight excluding hydrogens is 486 g/mol. The zero-order valence-corrected chi connectivity index (χ0v) is 20.4. The van der Waals surface area contributed by atoms with Crippen LogP contribution in [0, 0.1) is 10.1 Å². The summed E-state index contributed by atoms with van der Waals surface area (Å²) < 4.78 is 18.8. The number of benzene rings is 4. The van der Waals surface area contributed by atoms with E-state index in [1.54, 1.807) is 6.07 Å². The molecule has 0 saturated carbocycles. The highest BCUT2D eigenvalue weighted by molar-refractivity contribution is 6.02. The Balaban J connectivity index is 1.58. The summed E-state index contributed by atoms with van der Waals surface area (Å²) in [7, 11) is 0. The molecule has 192 valence electrons. The van der Waals surface area contributed by atoms with Crippen LogP contribution in [0.5, 0.6) is 17.2 Å². The van der Waals surface area contributed by atoms with Crippen LogP contribution in [0.4, 0.5) is 0 Å². The number of rotatable bonds is 10. The van der Waals surface area contributed by atoms with E-state index < -0.39 is 17.8 Å². The summed E-state index contributed by atoms with van der Waals surface area (Å²) in [5.41, 5.74) is 3.16. The molecule has 0 spiro atoms. The third-order valence-electron chi connectivity index (χ3n) is 6.15. The fraction of sp³-hybridized carbons (Fsp3) is 0.167. The van der Waals surface area contributed by atoms with Crippen LogP contribution >= 0.6 is 0 Å². The summed E-state index contributed by atoms with van der Waals surface area (Å²) in [5, 5.41) is 10.1. The summed E-state index contributed by atoms with van der Waals surface area (Å²) in [6.07, 6.45) is -0.478. The molecule has 38 heavy (non-hydrogen) atoms. The Morgan fingerprint density at radius 2 is 1.39 bits per heavy atom. The van der Waals surface area contributed by atoms with Gasteiger partial charge in [0.1, 0.15) is 25.9 Å². The summed E-state index contributed by atoms with van der Waals surface area (Å²) in [6, 6.07) is 30.1. The minimum absolute atomic E-state index is 0.0742. The molecule has 0 N–H and O–H groups in total. The van der Waals surface area contributed by atoms with Crippen molar-refractivity contribution in [3.63, 3.8) is 0 Å². The first-order valence-corrected chi connectivity index (χ1v) is 12.1. The normalized spacial score (nSPS) is 14.2. The van der Waals surface area contributed by atoms with E-state index in [0.717, 1.165) is 16.7 Å². The number of nitrogens with zero attached hydrogens (tertiary/aromatic N) is 1. The fourth-order valence-electron chi connectivity index (χ4n) is 4.34. The first-order chi connectivity index (χ1) is 18.6. The maximum absolute atomic E-state index is 13.5. The van der Waals surface area contributed by atoms with Crippen LogP contribution in [0.2, 0.25) is 0 Å². The Labute approximate surface area is 219 Å². The molecule has 4 aromatic rings. The first kappa shape index (κ1) is 24.8. The lowest BCUT2D eigenvalue weighted by molar-refractivity contribution is -0.763. The molecule has 0 amide bonds. The van der Waals surface area contributed by atoms with Crippen LogP contribution in [0.3, 0.4) is 0 Å². The quantitative estimate of drug-likeness (QED) is 0.183. The number of Topliss-reactive ketones (excluding diaryl/α,β-unsaturated/α-hetero) is 1. The molecule has 1 atom stereocenters. The molecule has 0 radical (unpaired) electrons. The zero-order valence-electron chi connectivity index (χ0n) is 20.4. The van der Waals surface area contributed by atoms with Gasteiger partial charge in [-0.25, -0.2) is 0 Å². The fourth-order valence-corrected chi connectivity index (χ4v) is 4.34. The highest BCUT2D eigenvalue weighted by atomic mass is 16.9. The van der Waals surface area contributed by atoms with E-state index in [1.165, 1.54) is 0 Å². The van der Waals surface area contributed by atoms with Crippen LogP contribution in [0.15, 0.2) is 97.1 Å². The van der Waals surface area contributed by atoms with Crippen LogP contribution in [-0.4, -0.2) is 10.9 Å². The molecule has 8 nitrogen and oxygen atoms in total. The molecule has 1 aliphatic rings. The Bertz CT molecular complexity index is 1410. The molecule has 1 unspecified atom stereocenters. The van der Waals surface area contributed by atoms with Crippen LogP contribution < -0.4 is 14.2 Å². The predicted octanol–water partition coefficient (Wildman–Crippen LogP) is 6.26. The maximum atomic E-state index is 13.5. The number of ether oxygens (including phenoxy) is 3. The topological polar surface area (TPSA) is 97.1 Å². The van der Waals surface area contributed by atoms with Crippen molar-refractivity contribution < 1.29 is 28.9 Å². The van der Waals surface area contributed by atoms with E-state index in [-0.39, 0.29) is 42.5 Å². The number of carbonyl (C=O) groups excluding carboxylic acids is 1. The lowest BCUT2D eigenvalue weighted by Crippen LogP contribution is -2.23. The standard InChI is InChI=1S/C30H25NO7/c32-25-17-26(23-14-8-3-9-15-23)38-30-28(25)24(20-37-31(33)34)16-27(35-18-21-10-4-1-5-11-21)29(30)36-19-22-12-6-2-7-13-22/h1-16,26H,17-20H2. The van der Waals surface area contributed by atoms with Crippen molar-refractivity contribution in [2.75, 3.05) is 0 Å². The third kappa shape index (κ3) is 5.75. The smallest absolute Gasteiger partial charge is 0.294 e. The molecule has 1 heterocycles. The van der Waals surface area contributed by atoms with Gasteiger partial charge in [0, 0.05) is 0 Å².